The molecule has 1 fully saturated rings. The highest BCUT2D eigenvalue weighted by Gasteiger charge is 2.27. The topological polar surface area (TPSA) is 80.5 Å². The number of hydrogen-bond donors (Lipinski definition) is 1. The lowest BCUT2D eigenvalue weighted by Crippen LogP contribution is -2.46. The van der Waals surface area contributed by atoms with Crippen LogP contribution in [0.2, 0.25) is 0 Å². The van der Waals surface area contributed by atoms with E-state index in [0.29, 0.717) is 31.4 Å². The second kappa shape index (κ2) is 9.43. The summed E-state index contributed by atoms with van der Waals surface area (Å²) >= 11 is 3.42. The monoisotopic (exact) mass is 436 g/mol. The first-order valence-electron chi connectivity index (χ1n) is 9.15. The Bertz CT molecular complexity index is 750. The van der Waals surface area contributed by atoms with Gasteiger partial charge in [0.25, 0.3) is 0 Å². The van der Waals surface area contributed by atoms with Gasteiger partial charge in [0, 0.05) is 29.7 Å². The fourth-order valence-corrected chi connectivity index (χ4v) is 3.56. The molecule has 3 rings (SSSR count). The summed E-state index contributed by atoms with van der Waals surface area (Å²) in [5.74, 6) is 1.22. The molecule has 1 amide bonds. The van der Waals surface area contributed by atoms with E-state index >= 15 is 0 Å². The Labute approximate surface area is 167 Å². The van der Waals surface area contributed by atoms with E-state index in [1.54, 1.807) is 7.11 Å². The lowest BCUT2D eigenvalue weighted by molar-refractivity contribution is -0.127. The Morgan fingerprint density at radius 1 is 1.44 bits per heavy atom. The number of nitrogens with one attached hydrogen (secondary N) is 1. The summed E-state index contributed by atoms with van der Waals surface area (Å²) < 4.78 is 11.5. The molecule has 2 atom stereocenters. The predicted octanol–water partition coefficient (Wildman–Crippen LogP) is 2.86. The fraction of sp³-hybridized carbons (Fsp3) is 0.526. The van der Waals surface area contributed by atoms with Crippen LogP contribution in [-0.4, -0.2) is 53.8 Å². The molecule has 1 aliphatic heterocycles. The van der Waals surface area contributed by atoms with Gasteiger partial charge in [-0.05, 0) is 50.6 Å². The molecule has 1 aliphatic rings. The lowest BCUT2D eigenvalue weighted by atomic mass is 9.97. The Hall–Kier alpha value is -1.77. The summed E-state index contributed by atoms with van der Waals surface area (Å²) in [5.41, 5.74) is 0.913. The molecule has 1 saturated heterocycles. The van der Waals surface area contributed by atoms with Crippen molar-refractivity contribution in [2.24, 2.45) is 5.92 Å². The Morgan fingerprint density at radius 2 is 2.22 bits per heavy atom. The van der Waals surface area contributed by atoms with E-state index in [1.807, 2.05) is 31.2 Å². The van der Waals surface area contributed by atoms with Gasteiger partial charge in [-0.3, -0.25) is 9.69 Å². The van der Waals surface area contributed by atoms with Crippen LogP contribution in [0.5, 0.6) is 0 Å². The average molecular weight is 437 g/mol. The molecule has 1 aromatic carbocycles. The Morgan fingerprint density at radius 3 is 2.96 bits per heavy atom. The minimum absolute atomic E-state index is 0.0160. The SMILES string of the molecule is COCC(C)NC(=O)C1CCCN(Cc2nc(-c3ccc(Br)cc3)no2)C1. The normalized spacial score (nSPS) is 19.0. The minimum Gasteiger partial charge on any atom is -0.383 e. The van der Waals surface area contributed by atoms with E-state index in [2.05, 4.69) is 36.3 Å². The second-order valence-corrected chi connectivity index (χ2v) is 7.87. The molecule has 0 radical (unpaired) electrons. The van der Waals surface area contributed by atoms with Gasteiger partial charge in [0.2, 0.25) is 17.6 Å². The molecule has 0 aliphatic carbocycles. The van der Waals surface area contributed by atoms with Gasteiger partial charge in [0.15, 0.2) is 0 Å². The number of ether oxygens (including phenoxy) is 1. The van der Waals surface area contributed by atoms with Crippen LogP contribution >= 0.6 is 15.9 Å². The molecule has 0 bridgehead atoms. The number of halogens is 1. The molecule has 1 aromatic heterocycles. The van der Waals surface area contributed by atoms with Crippen molar-refractivity contribution in [2.45, 2.75) is 32.4 Å². The molecule has 0 saturated carbocycles. The van der Waals surface area contributed by atoms with Gasteiger partial charge in [-0.25, -0.2) is 0 Å². The largest absolute Gasteiger partial charge is 0.383 e. The molecule has 2 unspecified atom stereocenters. The van der Waals surface area contributed by atoms with E-state index in [9.17, 15) is 4.79 Å². The summed E-state index contributed by atoms with van der Waals surface area (Å²) in [6.45, 7) is 4.64. The van der Waals surface area contributed by atoms with Crippen molar-refractivity contribution in [1.82, 2.24) is 20.4 Å². The maximum absolute atomic E-state index is 12.4. The molecule has 1 N–H and O–H groups in total. The summed E-state index contributed by atoms with van der Waals surface area (Å²) in [6, 6.07) is 7.80. The first-order valence-corrected chi connectivity index (χ1v) is 9.94. The Balaban J connectivity index is 1.56. The maximum Gasteiger partial charge on any atom is 0.241 e. The van der Waals surface area contributed by atoms with Gasteiger partial charge in [0.05, 0.1) is 19.1 Å². The number of methoxy groups -OCH3 is 1. The average Bonchev–Trinajstić information content (AvgIpc) is 3.11. The predicted molar refractivity (Wildman–Crippen MR) is 105 cm³/mol. The highest BCUT2D eigenvalue weighted by Crippen LogP contribution is 2.21. The third kappa shape index (κ3) is 5.60. The van der Waals surface area contributed by atoms with Crippen molar-refractivity contribution < 1.29 is 14.1 Å². The highest BCUT2D eigenvalue weighted by molar-refractivity contribution is 9.10. The van der Waals surface area contributed by atoms with Crippen molar-refractivity contribution in [1.29, 1.82) is 0 Å². The van der Waals surface area contributed by atoms with Crippen LogP contribution in [0.4, 0.5) is 0 Å². The van der Waals surface area contributed by atoms with Gasteiger partial charge < -0.3 is 14.6 Å². The minimum atomic E-state index is -0.0214. The summed E-state index contributed by atoms with van der Waals surface area (Å²) in [5, 5.41) is 7.09. The van der Waals surface area contributed by atoms with Crippen LogP contribution in [0.25, 0.3) is 11.4 Å². The van der Waals surface area contributed by atoms with Crippen LogP contribution in [0.3, 0.4) is 0 Å². The first-order chi connectivity index (χ1) is 13.0. The van der Waals surface area contributed by atoms with Crippen LogP contribution in [0.15, 0.2) is 33.3 Å². The molecule has 2 heterocycles. The quantitative estimate of drug-likeness (QED) is 0.718. The number of carbonyl (C=O) groups excluding carboxylic acids is 1. The van der Waals surface area contributed by atoms with Crippen molar-refractivity contribution in [3.63, 3.8) is 0 Å². The zero-order valence-electron chi connectivity index (χ0n) is 15.7. The van der Waals surface area contributed by atoms with Crippen molar-refractivity contribution in [3.05, 3.63) is 34.6 Å². The smallest absolute Gasteiger partial charge is 0.241 e. The third-order valence-corrected chi connectivity index (χ3v) is 5.14. The van der Waals surface area contributed by atoms with Gasteiger partial charge in [-0.2, -0.15) is 4.98 Å². The van der Waals surface area contributed by atoms with Crippen molar-refractivity contribution in [3.8, 4) is 11.4 Å². The molecule has 2 aromatic rings. The van der Waals surface area contributed by atoms with E-state index in [-0.39, 0.29) is 17.9 Å². The number of nitrogens with zero attached hydrogens (tertiary/aromatic N) is 3. The lowest BCUT2D eigenvalue weighted by Gasteiger charge is -2.31. The number of piperidine rings is 1. The van der Waals surface area contributed by atoms with E-state index in [0.717, 1.165) is 29.4 Å². The number of benzene rings is 1. The summed E-state index contributed by atoms with van der Waals surface area (Å²) in [6.07, 6.45) is 1.88. The number of amides is 1. The molecule has 27 heavy (non-hydrogen) atoms. The van der Waals surface area contributed by atoms with E-state index in [4.69, 9.17) is 9.26 Å². The maximum atomic E-state index is 12.4. The first kappa shape index (κ1) is 20.0. The van der Waals surface area contributed by atoms with Crippen LogP contribution in [0.1, 0.15) is 25.7 Å². The summed E-state index contributed by atoms with van der Waals surface area (Å²) in [7, 11) is 1.64. The van der Waals surface area contributed by atoms with Gasteiger partial charge in [0.1, 0.15) is 0 Å². The molecule has 0 spiro atoms. The second-order valence-electron chi connectivity index (χ2n) is 6.96. The molecular weight excluding hydrogens is 412 g/mol. The van der Waals surface area contributed by atoms with E-state index in [1.165, 1.54) is 0 Å². The standard InChI is InChI=1S/C19H25BrN4O3/c1-13(12-26-2)21-19(25)15-4-3-9-24(10-15)11-17-22-18(23-27-17)14-5-7-16(20)8-6-14/h5-8,13,15H,3-4,9-12H2,1-2H3,(H,21,25). The molecule has 146 valence electrons. The number of likely N-dealkylation sites (tertiary alicyclic amines) is 1. The number of hydrogen-bond acceptors (Lipinski definition) is 6. The molecular formula is C19H25BrN4O3. The van der Waals surface area contributed by atoms with Gasteiger partial charge in [-0.15, -0.1) is 0 Å². The number of rotatable bonds is 7. The van der Waals surface area contributed by atoms with Gasteiger partial charge >= 0.3 is 0 Å². The third-order valence-electron chi connectivity index (χ3n) is 4.61. The molecule has 7 nitrogen and oxygen atoms in total. The van der Waals surface area contributed by atoms with Crippen LogP contribution in [0, 0.1) is 5.92 Å². The number of carbonyl (C=O) groups is 1. The number of aromatic nitrogens is 2. The van der Waals surface area contributed by atoms with E-state index < -0.39 is 0 Å². The van der Waals surface area contributed by atoms with Gasteiger partial charge in [-0.1, -0.05) is 21.1 Å². The van der Waals surface area contributed by atoms with Crippen LogP contribution in [-0.2, 0) is 16.1 Å². The van der Waals surface area contributed by atoms with Crippen molar-refractivity contribution in [2.75, 3.05) is 26.8 Å². The highest BCUT2D eigenvalue weighted by atomic mass is 79.9. The zero-order chi connectivity index (χ0) is 19.2. The van der Waals surface area contributed by atoms with Crippen LogP contribution < -0.4 is 5.32 Å². The Kier molecular flexibility index (Phi) is 6.98. The molecule has 8 heteroatoms. The summed E-state index contributed by atoms with van der Waals surface area (Å²) in [4.78, 5) is 19.1. The zero-order valence-corrected chi connectivity index (χ0v) is 17.2. The van der Waals surface area contributed by atoms with Crippen molar-refractivity contribution >= 4 is 21.8 Å². The fourth-order valence-electron chi connectivity index (χ4n) is 3.29.